The zero-order valence-electron chi connectivity index (χ0n) is 14.2. The van der Waals surface area contributed by atoms with Crippen LogP contribution in [0.15, 0.2) is 46.9 Å². The molecule has 1 heterocycles. The van der Waals surface area contributed by atoms with Crippen LogP contribution in [0.5, 0.6) is 0 Å². The molecule has 2 atom stereocenters. The smallest absolute Gasteiger partial charge is 0.375 e. The number of rotatable bonds is 7. The number of hydrogen-bond donors (Lipinski definition) is 1. The Labute approximate surface area is 142 Å². The summed E-state index contributed by atoms with van der Waals surface area (Å²) in [5.74, 6) is -0.229. The Balaban J connectivity index is 1.77. The molecule has 1 N–H and O–H groups in total. The van der Waals surface area contributed by atoms with Crippen LogP contribution in [-0.2, 0) is 16.0 Å². The number of carbonyl (C=O) groups is 2. The maximum absolute atomic E-state index is 12.1. The van der Waals surface area contributed by atoms with E-state index in [0.717, 1.165) is 12.8 Å². The molecule has 0 radical (unpaired) electrons. The Morgan fingerprint density at radius 1 is 1.12 bits per heavy atom. The van der Waals surface area contributed by atoms with E-state index in [4.69, 9.17) is 9.15 Å². The van der Waals surface area contributed by atoms with Crippen molar-refractivity contribution in [3.8, 4) is 0 Å². The van der Waals surface area contributed by atoms with Gasteiger partial charge in [-0.3, -0.25) is 4.79 Å². The van der Waals surface area contributed by atoms with Gasteiger partial charge in [-0.1, -0.05) is 30.3 Å². The number of benzene rings is 1. The first-order valence-corrected chi connectivity index (χ1v) is 8.07. The van der Waals surface area contributed by atoms with Crippen LogP contribution in [0.2, 0.25) is 0 Å². The summed E-state index contributed by atoms with van der Waals surface area (Å²) in [6.07, 6.45) is 0.817. The van der Waals surface area contributed by atoms with Crippen LogP contribution in [0.1, 0.15) is 42.1 Å². The van der Waals surface area contributed by atoms with Gasteiger partial charge in [0.2, 0.25) is 5.76 Å². The van der Waals surface area contributed by atoms with Gasteiger partial charge in [0.25, 0.3) is 5.91 Å². The minimum absolute atomic E-state index is 0.00952. The van der Waals surface area contributed by atoms with E-state index in [-0.39, 0.29) is 17.7 Å². The fraction of sp³-hybridized carbons (Fsp3) is 0.368. The van der Waals surface area contributed by atoms with Crippen LogP contribution < -0.4 is 5.32 Å². The second kappa shape index (κ2) is 8.34. The monoisotopic (exact) mass is 329 g/mol. The van der Waals surface area contributed by atoms with Crippen molar-refractivity contribution in [2.45, 2.75) is 45.8 Å². The van der Waals surface area contributed by atoms with Gasteiger partial charge >= 0.3 is 5.97 Å². The standard InChI is InChI=1S/C19H23NO4/c1-13(9-11-16-7-5-4-6-8-16)20-18(21)15(3)24-19(22)17-12-10-14(2)23-17/h4-8,10,12-13,15H,9,11H2,1-3H3,(H,20,21)/t13-,15-/m1/s1. The highest BCUT2D eigenvalue weighted by atomic mass is 16.6. The van der Waals surface area contributed by atoms with Crippen LogP contribution in [0.4, 0.5) is 0 Å². The summed E-state index contributed by atoms with van der Waals surface area (Å²) in [6, 6.07) is 13.3. The van der Waals surface area contributed by atoms with E-state index in [1.54, 1.807) is 19.9 Å². The Bertz CT molecular complexity index is 678. The third kappa shape index (κ3) is 5.26. The summed E-state index contributed by atoms with van der Waals surface area (Å²) in [4.78, 5) is 24.0. The molecule has 1 aromatic carbocycles. The SMILES string of the molecule is Cc1ccc(C(=O)O[C@H](C)C(=O)N[C@H](C)CCc2ccccc2)o1. The zero-order chi connectivity index (χ0) is 17.5. The largest absolute Gasteiger partial charge is 0.454 e. The summed E-state index contributed by atoms with van der Waals surface area (Å²) in [5.41, 5.74) is 1.23. The summed E-state index contributed by atoms with van der Waals surface area (Å²) in [6.45, 7) is 5.22. The number of esters is 1. The summed E-state index contributed by atoms with van der Waals surface area (Å²) in [5, 5.41) is 2.87. The summed E-state index contributed by atoms with van der Waals surface area (Å²) in [7, 11) is 0. The van der Waals surface area contributed by atoms with Crippen LogP contribution in [0.25, 0.3) is 0 Å². The lowest BCUT2D eigenvalue weighted by Crippen LogP contribution is -2.41. The molecule has 128 valence electrons. The third-order valence-corrected chi connectivity index (χ3v) is 3.69. The van der Waals surface area contributed by atoms with Gasteiger partial charge in [0, 0.05) is 6.04 Å². The van der Waals surface area contributed by atoms with Gasteiger partial charge in [-0.05, 0) is 51.3 Å². The molecule has 0 bridgehead atoms. The minimum atomic E-state index is -0.873. The Morgan fingerprint density at radius 3 is 2.46 bits per heavy atom. The lowest BCUT2D eigenvalue weighted by Gasteiger charge is -2.17. The van der Waals surface area contributed by atoms with Crippen LogP contribution in [-0.4, -0.2) is 24.0 Å². The highest BCUT2D eigenvalue weighted by molar-refractivity contribution is 5.90. The van der Waals surface area contributed by atoms with Crippen molar-refractivity contribution in [2.24, 2.45) is 0 Å². The molecule has 0 aliphatic rings. The third-order valence-electron chi connectivity index (χ3n) is 3.69. The molecule has 0 spiro atoms. The lowest BCUT2D eigenvalue weighted by molar-refractivity contribution is -0.129. The predicted molar refractivity (Wildman–Crippen MR) is 90.7 cm³/mol. The van der Waals surface area contributed by atoms with Gasteiger partial charge < -0.3 is 14.5 Å². The highest BCUT2D eigenvalue weighted by Crippen LogP contribution is 2.10. The predicted octanol–water partition coefficient (Wildman–Crippen LogP) is 3.27. The van der Waals surface area contributed by atoms with Gasteiger partial charge in [0.05, 0.1) is 0 Å². The number of furan rings is 1. The molecule has 2 aromatic rings. The fourth-order valence-corrected chi connectivity index (χ4v) is 2.28. The number of amides is 1. The quantitative estimate of drug-likeness (QED) is 0.792. The van der Waals surface area contributed by atoms with Crippen molar-refractivity contribution in [1.29, 1.82) is 0 Å². The average molecular weight is 329 g/mol. The highest BCUT2D eigenvalue weighted by Gasteiger charge is 2.21. The average Bonchev–Trinajstić information content (AvgIpc) is 3.00. The number of nitrogens with one attached hydrogen (secondary N) is 1. The lowest BCUT2D eigenvalue weighted by atomic mass is 10.1. The second-order valence-corrected chi connectivity index (χ2v) is 5.89. The minimum Gasteiger partial charge on any atom is -0.454 e. The first-order valence-electron chi connectivity index (χ1n) is 8.07. The van der Waals surface area contributed by atoms with Crippen molar-refractivity contribution in [3.05, 3.63) is 59.5 Å². The normalized spacial score (nSPS) is 13.1. The zero-order valence-corrected chi connectivity index (χ0v) is 14.2. The Morgan fingerprint density at radius 2 is 1.83 bits per heavy atom. The maximum Gasteiger partial charge on any atom is 0.375 e. The number of hydrogen-bond acceptors (Lipinski definition) is 4. The molecular weight excluding hydrogens is 306 g/mol. The topological polar surface area (TPSA) is 68.5 Å². The number of carbonyl (C=O) groups excluding carboxylic acids is 2. The van der Waals surface area contributed by atoms with E-state index in [1.807, 2.05) is 25.1 Å². The van der Waals surface area contributed by atoms with E-state index in [0.29, 0.717) is 5.76 Å². The maximum atomic E-state index is 12.1. The molecule has 1 aromatic heterocycles. The Hall–Kier alpha value is -2.56. The molecule has 0 aliphatic heterocycles. The van der Waals surface area contributed by atoms with E-state index >= 15 is 0 Å². The van der Waals surface area contributed by atoms with Crippen molar-refractivity contribution in [2.75, 3.05) is 0 Å². The van der Waals surface area contributed by atoms with Crippen molar-refractivity contribution in [3.63, 3.8) is 0 Å². The van der Waals surface area contributed by atoms with Crippen molar-refractivity contribution in [1.82, 2.24) is 5.32 Å². The van der Waals surface area contributed by atoms with E-state index < -0.39 is 12.1 Å². The van der Waals surface area contributed by atoms with Gasteiger partial charge in [-0.2, -0.15) is 0 Å². The molecule has 0 unspecified atom stereocenters. The summed E-state index contributed by atoms with van der Waals surface area (Å²) < 4.78 is 10.3. The van der Waals surface area contributed by atoms with Crippen LogP contribution in [0, 0.1) is 6.92 Å². The molecule has 24 heavy (non-hydrogen) atoms. The Kier molecular flexibility index (Phi) is 6.18. The molecule has 0 saturated heterocycles. The van der Waals surface area contributed by atoms with Gasteiger partial charge in [-0.15, -0.1) is 0 Å². The molecule has 1 amide bonds. The first kappa shape index (κ1) is 17.8. The van der Waals surface area contributed by atoms with E-state index in [2.05, 4.69) is 17.4 Å². The van der Waals surface area contributed by atoms with Crippen molar-refractivity contribution >= 4 is 11.9 Å². The molecule has 5 heteroatoms. The molecule has 0 aliphatic carbocycles. The first-order chi connectivity index (χ1) is 11.5. The molecule has 2 rings (SSSR count). The van der Waals surface area contributed by atoms with Gasteiger partial charge in [-0.25, -0.2) is 4.79 Å². The van der Waals surface area contributed by atoms with Crippen molar-refractivity contribution < 1.29 is 18.7 Å². The van der Waals surface area contributed by atoms with Crippen LogP contribution >= 0.6 is 0 Å². The summed E-state index contributed by atoms with van der Waals surface area (Å²) >= 11 is 0. The van der Waals surface area contributed by atoms with Crippen LogP contribution in [0.3, 0.4) is 0 Å². The molecule has 0 saturated carbocycles. The van der Waals surface area contributed by atoms with Gasteiger partial charge in [0.15, 0.2) is 6.10 Å². The number of ether oxygens (including phenoxy) is 1. The van der Waals surface area contributed by atoms with Gasteiger partial charge in [0.1, 0.15) is 5.76 Å². The number of aryl methyl sites for hydroxylation is 2. The molecule has 5 nitrogen and oxygen atoms in total. The second-order valence-electron chi connectivity index (χ2n) is 5.89. The van der Waals surface area contributed by atoms with E-state index in [1.165, 1.54) is 11.6 Å². The van der Waals surface area contributed by atoms with E-state index in [9.17, 15) is 9.59 Å². The molecule has 0 fully saturated rings. The fourth-order valence-electron chi connectivity index (χ4n) is 2.28. The molecular formula is C19H23NO4.